The molecule has 1 aromatic heterocycles. The van der Waals surface area contributed by atoms with Gasteiger partial charge in [0, 0.05) is 25.2 Å². The standard InChI is InChI=1S/C12H13N3O/c1-2-3-12(16)15-10-6-9-7-13-5-4-11(9)14-8-10/h6,8,13H,4-5,7H2,1H3,(H,15,16). The van der Waals surface area contributed by atoms with Crippen molar-refractivity contribution in [2.45, 2.75) is 19.9 Å². The van der Waals surface area contributed by atoms with E-state index in [-0.39, 0.29) is 5.91 Å². The second-order valence-electron chi connectivity index (χ2n) is 3.59. The summed E-state index contributed by atoms with van der Waals surface area (Å²) in [5.74, 6) is 4.69. The van der Waals surface area contributed by atoms with Gasteiger partial charge >= 0.3 is 0 Å². The van der Waals surface area contributed by atoms with Crippen LogP contribution in [0.5, 0.6) is 0 Å². The number of hydrogen-bond acceptors (Lipinski definition) is 3. The van der Waals surface area contributed by atoms with Crippen LogP contribution in [0.25, 0.3) is 0 Å². The summed E-state index contributed by atoms with van der Waals surface area (Å²) >= 11 is 0. The van der Waals surface area contributed by atoms with Gasteiger partial charge in [0.25, 0.3) is 5.91 Å². The summed E-state index contributed by atoms with van der Waals surface area (Å²) in [4.78, 5) is 15.6. The van der Waals surface area contributed by atoms with Crippen molar-refractivity contribution in [2.24, 2.45) is 0 Å². The predicted octanol–water partition coefficient (Wildman–Crippen LogP) is 0.689. The molecule has 1 aromatic rings. The van der Waals surface area contributed by atoms with E-state index in [0.29, 0.717) is 5.69 Å². The second kappa shape index (κ2) is 4.77. The van der Waals surface area contributed by atoms with Crippen molar-refractivity contribution in [3.05, 3.63) is 23.5 Å². The summed E-state index contributed by atoms with van der Waals surface area (Å²) in [6.45, 7) is 3.41. The molecule has 0 saturated heterocycles. The van der Waals surface area contributed by atoms with Crippen LogP contribution in [0.15, 0.2) is 12.3 Å². The Morgan fingerprint density at radius 2 is 2.50 bits per heavy atom. The lowest BCUT2D eigenvalue weighted by molar-refractivity contribution is -0.111. The third kappa shape index (κ3) is 2.38. The lowest BCUT2D eigenvalue weighted by atomic mass is 10.1. The molecule has 0 aliphatic carbocycles. The summed E-state index contributed by atoms with van der Waals surface area (Å²) in [7, 11) is 0. The molecule has 0 unspecified atom stereocenters. The van der Waals surface area contributed by atoms with Gasteiger partial charge in [-0.25, -0.2) is 0 Å². The molecule has 0 saturated carbocycles. The summed E-state index contributed by atoms with van der Waals surface area (Å²) in [6, 6.07) is 1.95. The largest absolute Gasteiger partial charge is 0.314 e. The number of hydrogen-bond donors (Lipinski definition) is 2. The Balaban J connectivity index is 2.16. The molecule has 1 amide bonds. The third-order valence-corrected chi connectivity index (χ3v) is 2.41. The summed E-state index contributed by atoms with van der Waals surface area (Å²) < 4.78 is 0. The van der Waals surface area contributed by atoms with E-state index in [2.05, 4.69) is 27.5 Å². The van der Waals surface area contributed by atoms with Crippen molar-refractivity contribution in [1.29, 1.82) is 0 Å². The van der Waals surface area contributed by atoms with E-state index < -0.39 is 0 Å². The second-order valence-corrected chi connectivity index (χ2v) is 3.59. The van der Waals surface area contributed by atoms with Gasteiger partial charge in [0.1, 0.15) is 0 Å². The zero-order valence-electron chi connectivity index (χ0n) is 9.13. The van der Waals surface area contributed by atoms with Gasteiger partial charge in [-0.1, -0.05) is 5.92 Å². The Morgan fingerprint density at radius 3 is 3.31 bits per heavy atom. The van der Waals surface area contributed by atoms with Crippen molar-refractivity contribution in [3.63, 3.8) is 0 Å². The maximum Gasteiger partial charge on any atom is 0.300 e. The summed E-state index contributed by atoms with van der Waals surface area (Å²) in [5, 5.41) is 5.96. The molecule has 0 bridgehead atoms. The monoisotopic (exact) mass is 215 g/mol. The zero-order chi connectivity index (χ0) is 11.4. The minimum Gasteiger partial charge on any atom is -0.314 e. The van der Waals surface area contributed by atoms with Crippen LogP contribution in [-0.2, 0) is 17.8 Å². The van der Waals surface area contributed by atoms with E-state index in [1.807, 2.05) is 6.07 Å². The molecule has 2 heterocycles. The highest BCUT2D eigenvalue weighted by Gasteiger charge is 2.10. The van der Waals surface area contributed by atoms with Crippen molar-refractivity contribution in [2.75, 3.05) is 11.9 Å². The molecule has 82 valence electrons. The molecule has 16 heavy (non-hydrogen) atoms. The average molecular weight is 215 g/mol. The van der Waals surface area contributed by atoms with Crippen molar-refractivity contribution in [1.82, 2.24) is 10.3 Å². The first-order chi connectivity index (χ1) is 7.79. The number of amides is 1. The topological polar surface area (TPSA) is 54.0 Å². The molecule has 4 heteroatoms. The smallest absolute Gasteiger partial charge is 0.300 e. The van der Waals surface area contributed by atoms with Gasteiger partial charge in [-0.2, -0.15) is 0 Å². The molecule has 1 aliphatic rings. The molecule has 0 radical (unpaired) electrons. The van der Waals surface area contributed by atoms with Crippen LogP contribution in [0.4, 0.5) is 5.69 Å². The Labute approximate surface area is 94.5 Å². The number of aromatic nitrogens is 1. The molecule has 0 fully saturated rings. The minimum absolute atomic E-state index is 0.298. The van der Waals surface area contributed by atoms with E-state index >= 15 is 0 Å². The van der Waals surface area contributed by atoms with Crippen LogP contribution in [0.2, 0.25) is 0 Å². The number of rotatable bonds is 1. The van der Waals surface area contributed by atoms with E-state index in [9.17, 15) is 4.79 Å². The van der Waals surface area contributed by atoms with Gasteiger partial charge in [-0.05, 0) is 24.5 Å². The fraction of sp³-hybridized carbons (Fsp3) is 0.333. The van der Waals surface area contributed by atoms with Gasteiger partial charge in [0.15, 0.2) is 0 Å². The van der Waals surface area contributed by atoms with Crippen molar-refractivity contribution < 1.29 is 4.79 Å². The van der Waals surface area contributed by atoms with Crippen LogP contribution in [0, 0.1) is 11.8 Å². The molecular weight excluding hydrogens is 202 g/mol. The Kier molecular flexibility index (Phi) is 3.18. The van der Waals surface area contributed by atoms with Crippen LogP contribution in [0.3, 0.4) is 0 Å². The molecule has 2 rings (SSSR count). The van der Waals surface area contributed by atoms with Crippen molar-refractivity contribution >= 4 is 11.6 Å². The Bertz CT molecular complexity index is 471. The van der Waals surface area contributed by atoms with Crippen molar-refractivity contribution in [3.8, 4) is 11.8 Å². The zero-order valence-corrected chi connectivity index (χ0v) is 9.13. The van der Waals surface area contributed by atoms with Crippen LogP contribution < -0.4 is 10.6 Å². The van der Waals surface area contributed by atoms with E-state index in [0.717, 1.165) is 30.8 Å². The number of nitrogens with zero attached hydrogens (tertiary/aromatic N) is 1. The lowest BCUT2D eigenvalue weighted by Gasteiger charge is -2.16. The van der Waals surface area contributed by atoms with E-state index in [1.54, 1.807) is 13.1 Å². The highest BCUT2D eigenvalue weighted by atomic mass is 16.1. The van der Waals surface area contributed by atoms with E-state index in [4.69, 9.17) is 0 Å². The minimum atomic E-state index is -0.298. The maximum absolute atomic E-state index is 11.3. The van der Waals surface area contributed by atoms with Gasteiger partial charge in [0.2, 0.25) is 0 Å². The predicted molar refractivity (Wildman–Crippen MR) is 61.7 cm³/mol. The number of fused-ring (bicyclic) bond motifs is 1. The highest BCUT2D eigenvalue weighted by Crippen LogP contribution is 2.15. The summed E-state index contributed by atoms with van der Waals surface area (Å²) in [5.41, 5.74) is 2.96. The van der Waals surface area contributed by atoms with Gasteiger partial charge < -0.3 is 10.6 Å². The highest BCUT2D eigenvalue weighted by molar-refractivity contribution is 6.03. The van der Waals surface area contributed by atoms with Crippen LogP contribution >= 0.6 is 0 Å². The SMILES string of the molecule is CC#CC(=O)Nc1cnc2c(c1)CNCC2. The molecule has 4 nitrogen and oxygen atoms in total. The number of pyridine rings is 1. The third-order valence-electron chi connectivity index (χ3n) is 2.41. The molecule has 0 aromatic carbocycles. The first kappa shape index (κ1) is 10.7. The van der Waals surface area contributed by atoms with E-state index in [1.165, 1.54) is 0 Å². The molecule has 2 N–H and O–H groups in total. The first-order valence-electron chi connectivity index (χ1n) is 5.22. The fourth-order valence-corrected chi connectivity index (χ4v) is 1.69. The normalized spacial score (nSPS) is 13.3. The molecule has 0 spiro atoms. The first-order valence-corrected chi connectivity index (χ1v) is 5.22. The Hall–Kier alpha value is -1.86. The van der Waals surface area contributed by atoms with Crippen LogP contribution in [-0.4, -0.2) is 17.4 Å². The molecule has 1 aliphatic heterocycles. The number of nitrogens with one attached hydrogen (secondary N) is 2. The fourth-order valence-electron chi connectivity index (χ4n) is 1.69. The maximum atomic E-state index is 11.3. The van der Waals surface area contributed by atoms with Gasteiger partial charge in [-0.15, -0.1) is 0 Å². The Morgan fingerprint density at radius 1 is 1.62 bits per heavy atom. The van der Waals surface area contributed by atoms with Gasteiger partial charge in [0.05, 0.1) is 11.9 Å². The molecule has 0 atom stereocenters. The lowest BCUT2D eigenvalue weighted by Crippen LogP contribution is -2.24. The average Bonchev–Trinajstić information content (AvgIpc) is 2.29. The van der Waals surface area contributed by atoms with Gasteiger partial charge in [-0.3, -0.25) is 9.78 Å². The molecular formula is C12H13N3O. The quantitative estimate of drug-likeness (QED) is 0.678. The number of carbonyl (C=O) groups is 1. The number of anilines is 1. The summed E-state index contributed by atoms with van der Waals surface area (Å²) in [6.07, 6.45) is 2.62. The number of carbonyl (C=O) groups excluding carboxylic acids is 1. The van der Waals surface area contributed by atoms with Crippen LogP contribution in [0.1, 0.15) is 18.2 Å².